The lowest BCUT2D eigenvalue weighted by Crippen LogP contribution is -2.42. The molecule has 0 aliphatic carbocycles. The van der Waals surface area contributed by atoms with Crippen molar-refractivity contribution in [2.75, 3.05) is 10.7 Å². The number of carbonyl (C=O) groups is 1. The van der Waals surface area contributed by atoms with Crippen LogP contribution in [0.3, 0.4) is 0 Å². The number of halogens is 3. The van der Waals surface area contributed by atoms with Crippen molar-refractivity contribution in [2.24, 2.45) is 0 Å². The van der Waals surface area contributed by atoms with Gasteiger partial charge in [0.1, 0.15) is 6.54 Å². The Bertz CT molecular complexity index is 1130. The van der Waals surface area contributed by atoms with Gasteiger partial charge in [0.25, 0.3) is 5.56 Å². The summed E-state index contributed by atoms with van der Waals surface area (Å²) in [7, 11) is 0. The molecule has 2 heterocycles. The Morgan fingerprint density at radius 1 is 1.00 bits per heavy atom. The molecule has 8 heteroatoms. The largest absolute Gasteiger partial charge is 0.417 e. The number of benzene rings is 2. The first-order valence-electron chi connectivity index (χ1n) is 9.21. The van der Waals surface area contributed by atoms with Gasteiger partial charge in [0, 0.05) is 22.9 Å². The van der Waals surface area contributed by atoms with Gasteiger partial charge in [0.05, 0.1) is 17.3 Å². The Balaban J connectivity index is 1.73. The highest BCUT2D eigenvalue weighted by Gasteiger charge is 2.34. The maximum atomic E-state index is 13.3. The predicted octanol–water partition coefficient (Wildman–Crippen LogP) is 4.75. The van der Waals surface area contributed by atoms with Crippen LogP contribution in [0.2, 0.25) is 0 Å². The highest BCUT2D eigenvalue weighted by molar-refractivity contribution is 7.99. The lowest BCUT2D eigenvalue weighted by atomic mass is 10.1. The molecule has 4 rings (SSSR count). The van der Waals surface area contributed by atoms with Gasteiger partial charge in [-0.2, -0.15) is 13.2 Å². The maximum Gasteiger partial charge on any atom is 0.417 e. The fourth-order valence-corrected chi connectivity index (χ4v) is 4.63. The lowest BCUT2D eigenvalue weighted by Gasteiger charge is -2.37. The average Bonchev–Trinajstić information content (AvgIpc) is 2.74. The zero-order chi connectivity index (χ0) is 21.3. The summed E-state index contributed by atoms with van der Waals surface area (Å²) in [6.45, 7) is -0.481. The summed E-state index contributed by atoms with van der Waals surface area (Å²) >= 11 is 1.62. The highest BCUT2D eigenvalue weighted by atomic mass is 32.2. The maximum absolute atomic E-state index is 13.3. The number of anilines is 1. The van der Waals surface area contributed by atoms with Crippen LogP contribution >= 0.6 is 11.8 Å². The van der Waals surface area contributed by atoms with Gasteiger partial charge in [-0.25, -0.2) is 0 Å². The van der Waals surface area contributed by atoms with Crippen molar-refractivity contribution in [1.82, 2.24) is 4.57 Å². The number of pyridine rings is 1. The highest BCUT2D eigenvalue weighted by Crippen LogP contribution is 2.43. The monoisotopic (exact) mass is 430 g/mol. The minimum absolute atomic E-state index is 0.292. The third-order valence-corrected chi connectivity index (χ3v) is 6.04. The summed E-state index contributed by atoms with van der Waals surface area (Å²) in [4.78, 5) is 27.9. The SMILES string of the molecule is O=C(Cn1cc(C(F)(F)F)ccc1=O)N1c2ccccc2SCC1c1ccccc1. The first-order chi connectivity index (χ1) is 14.3. The molecule has 30 heavy (non-hydrogen) atoms. The molecule has 154 valence electrons. The first kappa shape index (κ1) is 20.3. The van der Waals surface area contributed by atoms with E-state index in [1.807, 2.05) is 54.6 Å². The minimum Gasteiger partial charge on any atom is -0.305 e. The van der Waals surface area contributed by atoms with Crippen molar-refractivity contribution >= 4 is 23.4 Å². The molecule has 1 unspecified atom stereocenters. The number of para-hydroxylation sites is 1. The van der Waals surface area contributed by atoms with Gasteiger partial charge in [-0.3, -0.25) is 9.59 Å². The van der Waals surface area contributed by atoms with Crippen molar-refractivity contribution in [3.8, 4) is 0 Å². The predicted molar refractivity (Wildman–Crippen MR) is 110 cm³/mol. The fraction of sp³-hybridized carbons (Fsp3) is 0.182. The van der Waals surface area contributed by atoms with E-state index < -0.39 is 29.8 Å². The van der Waals surface area contributed by atoms with E-state index in [4.69, 9.17) is 0 Å². The molecule has 3 aromatic rings. The molecule has 1 aromatic heterocycles. The molecule has 1 aliphatic rings. The summed E-state index contributed by atoms with van der Waals surface area (Å²) in [6.07, 6.45) is -3.90. The van der Waals surface area contributed by atoms with E-state index in [0.29, 0.717) is 17.6 Å². The van der Waals surface area contributed by atoms with E-state index in [0.717, 1.165) is 27.2 Å². The van der Waals surface area contributed by atoms with Crippen LogP contribution < -0.4 is 10.5 Å². The molecular weight excluding hydrogens is 413 g/mol. The molecule has 0 saturated carbocycles. The normalized spacial score (nSPS) is 16.2. The number of hydrogen-bond donors (Lipinski definition) is 0. The number of carbonyl (C=O) groups excluding carboxylic acids is 1. The van der Waals surface area contributed by atoms with Crippen molar-refractivity contribution in [1.29, 1.82) is 0 Å². The number of thioether (sulfide) groups is 1. The van der Waals surface area contributed by atoms with Crippen LogP contribution in [0.25, 0.3) is 0 Å². The Hall–Kier alpha value is -3.00. The summed E-state index contributed by atoms with van der Waals surface area (Å²) in [6, 6.07) is 18.1. The van der Waals surface area contributed by atoms with Gasteiger partial charge in [-0.1, -0.05) is 42.5 Å². The Kier molecular flexibility index (Phi) is 5.42. The van der Waals surface area contributed by atoms with Crippen LogP contribution in [0.4, 0.5) is 18.9 Å². The third-order valence-electron chi connectivity index (χ3n) is 4.90. The zero-order valence-electron chi connectivity index (χ0n) is 15.7. The van der Waals surface area contributed by atoms with E-state index in [2.05, 4.69) is 0 Å². The lowest BCUT2D eigenvalue weighted by molar-refractivity contribution is -0.138. The van der Waals surface area contributed by atoms with Crippen molar-refractivity contribution in [2.45, 2.75) is 23.7 Å². The second-order valence-electron chi connectivity index (χ2n) is 6.85. The van der Waals surface area contributed by atoms with Crippen LogP contribution in [0, 0.1) is 0 Å². The van der Waals surface area contributed by atoms with Gasteiger partial charge in [0.15, 0.2) is 0 Å². The fourth-order valence-electron chi connectivity index (χ4n) is 3.46. The van der Waals surface area contributed by atoms with Crippen LogP contribution in [-0.4, -0.2) is 16.2 Å². The first-order valence-corrected chi connectivity index (χ1v) is 10.2. The summed E-state index contributed by atoms with van der Waals surface area (Å²) in [5.41, 5.74) is -0.0201. The number of fused-ring (bicyclic) bond motifs is 1. The quantitative estimate of drug-likeness (QED) is 0.603. The minimum atomic E-state index is -4.60. The van der Waals surface area contributed by atoms with Crippen LogP contribution in [0.1, 0.15) is 17.2 Å². The molecule has 1 atom stereocenters. The second-order valence-corrected chi connectivity index (χ2v) is 7.91. The standard InChI is InChI=1S/C22H17F3N2O2S/c23-22(24,25)16-10-11-20(28)26(12-16)13-21(29)27-17-8-4-5-9-19(17)30-14-18(27)15-6-2-1-3-7-15/h1-12,18H,13-14H2. The molecule has 2 aromatic carbocycles. The molecule has 0 saturated heterocycles. The third kappa shape index (κ3) is 4.00. The van der Waals surface area contributed by atoms with Gasteiger partial charge >= 0.3 is 6.18 Å². The van der Waals surface area contributed by atoms with E-state index in [9.17, 15) is 22.8 Å². The number of hydrogen-bond acceptors (Lipinski definition) is 3. The molecule has 0 spiro atoms. The number of rotatable bonds is 3. The van der Waals surface area contributed by atoms with E-state index in [-0.39, 0.29) is 6.04 Å². The van der Waals surface area contributed by atoms with Crippen molar-refractivity contribution in [3.63, 3.8) is 0 Å². The summed E-state index contributed by atoms with van der Waals surface area (Å²) in [5.74, 6) is 0.155. The zero-order valence-corrected chi connectivity index (χ0v) is 16.5. The van der Waals surface area contributed by atoms with Crippen molar-refractivity contribution in [3.05, 3.63) is 94.4 Å². The summed E-state index contributed by atoms with van der Waals surface area (Å²) in [5, 5.41) is 0. The average molecular weight is 430 g/mol. The van der Waals surface area contributed by atoms with Gasteiger partial charge in [-0.05, 0) is 23.8 Å². The van der Waals surface area contributed by atoms with Gasteiger partial charge in [-0.15, -0.1) is 11.8 Å². The molecule has 0 bridgehead atoms. The molecule has 4 nitrogen and oxygen atoms in total. The van der Waals surface area contributed by atoms with Crippen LogP contribution in [0.5, 0.6) is 0 Å². The second kappa shape index (κ2) is 8.02. The Labute approximate surface area is 174 Å². The van der Waals surface area contributed by atoms with E-state index in [1.54, 1.807) is 16.7 Å². The topological polar surface area (TPSA) is 42.3 Å². The van der Waals surface area contributed by atoms with E-state index >= 15 is 0 Å². The molecule has 1 aliphatic heterocycles. The smallest absolute Gasteiger partial charge is 0.305 e. The van der Waals surface area contributed by atoms with Gasteiger partial charge < -0.3 is 9.47 Å². The summed E-state index contributed by atoms with van der Waals surface area (Å²) < 4.78 is 40.0. The Morgan fingerprint density at radius 3 is 2.43 bits per heavy atom. The molecule has 0 N–H and O–H groups in total. The molecular formula is C22H17F3N2O2S. The Morgan fingerprint density at radius 2 is 1.70 bits per heavy atom. The number of amides is 1. The van der Waals surface area contributed by atoms with Gasteiger partial charge in [0.2, 0.25) is 5.91 Å². The molecule has 1 amide bonds. The van der Waals surface area contributed by atoms with Crippen LogP contribution in [0.15, 0.2) is 82.6 Å². The van der Waals surface area contributed by atoms with E-state index in [1.165, 1.54) is 0 Å². The van der Waals surface area contributed by atoms with Crippen LogP contribution in [-0.2, 0) is 17.5 Å². The number of nitrogens with zero attached hydrogens (tertiary/aromatic N) is 2. The number of aromatic nitrogens is 1. The molecule has 0 fully saturated rings. The number of alkyl halides is 3. The van der Waals surface area contributed by atoms with Crippen molar-refractivity contribution < 1.29 is 18.0 Å². The molecule has 0 radical (unpaired) electrons.